The molecule has 1 heterocycles. The van der Waals surface area contributed by atoms with Gasteiger partial charge in [0.25, 0.3) is 0 Å². The molecule has 2 aromatic rings. The number of nitrogens with zero attached hydrogens (tertiary/aromatic N) is 1. The predicted octanol–water partition coefficient (Wildman–Crippen LogP) is 2.67. The van der Waals surface area contributed by atoms with Gasteiger partial charge in [0.05, 0.1) is 11.3 Å². The van der Waals surface area contributed by atoms with E-state index in [0.29, 0.717) is 5.82 Å². The zero-order chi connectivity index (χ0) is 13.8. The van der Waals surface area contributed by atoms with E-state index in [1.165, 1.54) is 17.8 Å². The van der Waals surface area contributed by atoms with Crippen LogP contribution in [0.1, 0.15) is 22.8 Å². The van der Waals surface area contributed by atoms with Crippen molar-refractivity contribution in [1.82, 2.24) is 4.98 Å². The second-order valence-corrected chi connectivity index (χ2v) is 4.10. The summed E-state index contributed by atoms with van der Waals surface area (Å²) in [6.07, 6.45) is 2.35. The highest BCUT2D eigenvalue weighted by molar-refractivity contribution is 5.96. The molecule has 2 rings (SSSR count). The summed E-state index contributed by atoms with van der Waals surface area (Å²) in [5.74, 6) is -0.710. The van der Waals surface area contributed by atoms with Crippen molar-refractivity contribution in [2.75, 3.05) is 11.1 Å². The van der Waals surface area contributed by atoms with E-state index in [2.05, 4.69) is 17.2 Å². The van der Waals surface area contributed by atoms with Crippen LogP contribution in [0.25, 0.3) is 0 Å². The molecule has 4 N–H and O–H groups in total. The van der Waals surface area contributed by atoms with Gasteiger partial charge in [-0.25, -0.2) is 9.78 Å². The molecule has 0 aliphatic carbocycles. The van der Waals surface area contributed by atoms with Gasteiger partial charge in [-0.2, -0.15) is 0 Å². The van der Waals surface area contributed by atoms with Crippen LogP contribution in [0.2, 0.25) is 0 Å². The van der Waals surface area contributed by atoms with E-state index < -0.39 is 5.97 Å². The van der Waals surface area contributed by atoms with Crippen LogP contribution in [-0.4, -0.2) is 16.1 Å². The Kier molecular flexibility index (Phi) is 3.66. The largest absolute Gasteiger partial charge is 0.478 e. The zero-order valence-electron chi connectivity index (χ0n) is 10.6. The summed E-state index contributed by atoms with van der Waals surface area (Å²) in [6.45, 7) is 2.07. The van der Waals surface area contributed by atoms with Crippen LogP contribution in [-0.2, 0) is 6.42 Å². The predicted molar refractivity (Wildman–Crippen MR) is 74.7 cm³/mol. The van der Waals surface area contributed by atoms with E-state index in [-0.39, 0.29) is 11.3 Å². The summed E-state index contributed by atoms with van der Waals surface area (Å²) in [6, 6.07) is 9.20. The number of rotatable bonds is 4. The fourth-order valence-corrected chi connectivity index (χ4v) is 1.77. The molecule has 0 atom stereocenters. The Hall–Kier alpha value is -2.56. The quantitative estimate of drug-likeness (QED) is 0.783. The summed E-state index contributed by atoms with van der Waals surface area (Å²) in [4.78, 5) is 15.1. The smallest absolute Gasteiger partial charge is 0.337 e. The SMILES string of the molecule is CCc1cccc(Nc2nccc(C(=O)O)c2N)c1. The van der Waals surface area contributed by atoms with Crippen molar-refractivity contribution in [2.45, 2.75) is 13.3 Å². The zero-order valence-corrected chi connectivity index (χ0v) is 10.6. The monoisotopic (exact) mass is 257 g/mol. The van der Waals surface area contributed by atoms with Gasteiger partial charge >= 0.3 is 5.97 Å². The molecule has 0 spiro atoms. The first-order valence-electron chi connectivity index (χ1n) is 5.95. The average molecular weight is 257 g/mol. The van der Waals surface area contributed by atoms with Gasteiger partial charge < -0.3 is 16.2 Å². The lowest BCUT2D eigenvalue weighted by molar-refractivity contribution is 0.0698. The highest BCUT2D eigenvalue weighted by Gasteiger charge is 2.12. The first-order valence-corrected chi connectivity index (χ1v) is 5.95. The van der Waals surface area contributed by atoms with E-state index in [4.69, 9.17) is 10.8 Å². The van der Waals surface area contributed by atoms with Crippen LogP contribution >= 0.6 is 0 Å². The number of hydrogen-bond acceptors (Lipinski definition) is 4. The molecule has 0 aliphatic rings. The average Bonchev–Trinajstić information content (AvgIpc) is 2.41. The lowest BCUT2D eigenvalue weighted by Gasteiger charge is -2.10. The normalized spacial score (nSPS) is 10.2. The van der Waals surface area contributed by atoms with Gasteiger partial charge in [-0.1, -0.05) is 19.1 Å². The van der Waals surface area contributed by atoms with Crippen LogP contribution in [0.15, 0.2) is 36.5 Å². The van der Waals surface area contributed by atoms with Crippen molar-refractivity contribution < 1.29 is 9.90 Å². The van der Waals surface area contributed by atoms with Gasteiger partial charge in [-0.3, -0.25) is 0 Å². The van der Waals surface area contributed by atoms with E-state index in [9.17, 15) is 4.79 Å². The number of nitrogens with two attached hydrogens (primary N) is 1. The van der Waals surface area contributed by atoms with Crippen molar-refractivity contribution >= 4 is 23.2 Å². The highest BCUT2D eigenvalue weighted by Crippen LogP contribution is 2.24. The molecule has 19 heavy (non-hydrogen) atoms. The van der Waals surface area contributed by atoms with Crippen molar-refractivity contribution in [2.24, 2.45) is 0 Å². The molecular weight excluding hydrogens is 242 g/mol. The van der Waals surface area contributed by atoms with Crippen LogP contribution in [0, 0.1) is 0 Å². The number of nitrogens with one attached hydrogen (secondary N) is 1. The molecule has 0 saturated heterocycles. The Labute approximate surface area is 111 Å². The lowest BCUT2D eigenvalue weighted by Crippen LogP contribution is -2.07. The summed E-state index contributed by atoms with van der Waals surface area (Å²) in [7, 11) is 0. The Morgan fingerprint density at radius 2 is 2.21 bits per heavy atom. The second-order valence-electron chi connectivity index (χ2n) is 4.10. The number of anilines is 3. The van der Waals surface area contributed by atoms with Crippen molar-refractivity contribution in [1.29, 1.82) is 0 Å². The Morgan fingerprint density at radius 1 is 1.42 bits per heavy atom. The molecule has 0 radical (unpaired) electrons. The minimum Gasteiger partial charge on any atom is -0.478 e. The number of aromatic carboxylic acids is 1. The summed E-state index contributed by atoms with van der Waals surface area (Å²) in [5.41, 5.74) is 7.99. The standard InChI is InChI=1S/C14H15N3O2/c1-2-9-4-3-5-10(8-9)17-13-12(15)11(14(18)19)6-7-16-13/h3-8H,2,15H2,1H3,(H,16,17)(H,18,19). The summed E-state index contributed by atoms with van der Waals surface area (Å²) in [5, 5.41) is 12.0. The molecule has 5 nitrogen and oxygen atoms in total. The van der Waals surface area contributed by atoms with Crippen molar-refractivity contribution in [3.05, 3.63) is 47.7 Å². The van der Waals surface area contributed by atoms with Crippen LogP contribution in [0.5, 0.6) is 0 Å². The topological polar surface area (TPSA) is 88.2 Å². The summed E-state index contributed by atoms with van der Waals surface area (Å²) >= 11 is 0. The van der Waals surface area contributed by atoms with Gasteiger partial charge in [0.15, 0.2) is 5.82 Å². The molecule has 0 fully saturated rings. The number of carbonyl (C=O) groups is 1. The molecule has 1 aromatic carbocycles. The third kappa shape index (κ3) is 2.82. The number of benzene rings is 1. The van der Waals surface area contributed by atoms with Gasteiger partial charge in [-0.05, 0) is 30.2 Å². The fraction of sp³-hybridized carbons (Fsp3) is 0.143. The third-order valence-electron chi connectivity index (χ3n) is 2.82. The molecule has 1 aromatic heterocycles. The molecule has 98 valence electrons. The van der Waals surface area contributed by atoms with Gasteiger partial charge in [0.1, 0.15) is 0 Å². The maximum atomic E-state index is 11.0. The maximum absolute atomic E-state index is 11.0. The molecule has 0 saturated carbocycles. The van der Waals surface area contributed by atoms with Crippen molar-refractivity contribution in [3.63, 3.8) is 0 Å². The number of hydrogen-bond donors (Lipinski definition) is 3. The van der Waals surface area contributed by atoms with Crippen LogP contribution < -0.4 is 11.1 Å². The molecule has 0 unspecified atom stereocenters. The number of aromatic nitrogens is 1. The number of carboxylic acids is 1. The molecule has 0 aliphatic heterocycles. The Balaban J connectivity index is 2.33. The number of pyridine rings is 1. The van der Waals surface area contributed by atoms with Gasteiger partial charge in [0, 0.05) is 11.9 Å². The van der Waals surface area contributed by atoms with E-state index in [0.717, 1.165) is 12.1 Å². The van der Waals surface area contributed by atoms with Crippen LogP contribution in [0.4, 0.5) is 17.2 Å². The lowest BCUT2D eigenvalue weighted by atomic mass is 10.1. The molecule has 5 heteroatoms. The fourth-order valence-electron chi connectivity index (χ4n) is 1.77. The second kappa shape index (κ2) is 5.39. The molecule has 0 bridgehead atoms. The highest BCUT2D eigenvalue weighted by atomic mass is 16.4. The Bertz CT molecular complexity index is 611. The first-order chi connectivity index (χ1) is 9.11. The first kappa shape index (κ1) is 12.9. The molecular formula is C14H15N3O2. The van der Waals surface area contributed by atoms with E-state index in [1.54, 1.807) is 0 Å². The minimum atomic E-state index is -1.06. The maximum Gasteiger partial charge on any atom is 0.337 e. The summed E-state index contributed by atoms with van der Waals surface area (Å²) < 4.78 is 0. The third-order valence-corrected chi connectivity index (χ3v) is 2.82. The van der Waals surface area contributed by atoms with E-state index >= 15 is 0 Å². The minimum absolute atomic E-state index is 0.0455. The van der Waals surface area contributed by atoms with Gasteiger partial charge in [-0.15, -0.1) is 0 Å². The number of carboxylic acid groups (broad SMARTS) is 1. The number of nitrogen functional groups attached to an aromatic ring is 1. The number of aryl methyl sites for hydroxylation is 1. The van der Waals surface area contributed by atoms with Gasteiger partial charge in [0.2, 0.25) is 0 Å². The van der Waals surface area contributed by atoms with E-state index in [1.807, 2.05) is 24.3 Å². The molecule has 0 amide bonds. The van der Waals surface area contributed by atoms with Crippen molar-refractivity contribution in [3.8, 4) is 0 Å². The van der Waals surface area contributed by atoms with Crippen LogP contribution in [0.3, 0.4) is 0 Å². The Morgan fingerprint density at radius 3 is 2.89 bits per heavy atom.